The molecule has 2 saturated heterocycles. The average Bonchev–Trinajstić information content (AvgIpc) is 4.05. The molecule has 5 unspecified atom stereocenters. The Labute approximate surface area is 318 Å². The third-order valence-corrected chi connectivity index (χ3v) is 11.9. The van der Waals surface area contributed by atoms with Gasteiger partial charge in [0.15, 0.2) is 0 Å². The number of pyridine rings is 1. The number of alkyl carbamates (subject to hydrolysis) is 1. The molecule has 296 valence electrons. The molecule has 0 spiro atoms. The maximum atomic E-state index is 14.5. The minimum absolute atomic E-state index is 0.0804. The lowest BCUT2D eigenvalue weighted by Crippen LogP contribution is -2.58. The second kappa shape index (κ2) is 15.1. The van der Waals surface area contributed by atoms with Gasteiger partial charge in [-0.2, -0.15) is 0 Å². The van der Waals surface area contributed by atoms with Gasteiger partial charge in [-0.15, -0.1) is 6.58 Å². The molecule has 4 fully saturated rings. The third-order valence-electron chi connectivity index (χ3n) is 10.1. The summed E-state index contributed by atoms with van der Waals surface area (Å²) in [4.78, 5) is 86.7. The number of β-lactam (4-membered cyclic amide) rings is 1. The molecule has 6 amide bonds. The average molecular weight is 783 g/mol. The molecule has 1 aromatic heterocycles. The second-order valence-corrected chi connectivity index (χ2v) is 17.3. The van der Waals surface area contributed by atoms with Crippen LogP contribution in [0.2, 0.25) is 0 Å². The highest BCUT2D eigenvalue weighted by atomic mass is 32.2. The molecule has 2 saturated carbocycles. The number of hydrogen-bond donors (Lipinski definition) is 3. The van der Waals surface area contributed by atoms with E-state index in [1.54, 1.807) is 58.3 Å². The lowest BCUT2D eigenvalue weighted by Gasteiger charge is -2.31. The maximum Gasteiger partial charge on any atom is 0.408 e. The number of imide groups is 1. The Morgan fingerprint density at radius 3 is 2.49 bits per heavy atom. The number of fused-ring (bicyclic) bond motifs is 1. The molecule has 5 atom stereocenters. The van der Waals surface area contributed by atoms with Crippen LogP contribution in [0.4, 0.5) is 4.79 Å². The van der Waals surface area contributed by atoms with E-state index in [1.807, 2.05) is 0 Å². The second-order valence-electron chi connectivity index (χ2n) is 15.3. The fourth-order valence-corrected chi connectivity index (χ4v) is 8.15. The lowest BCUT2D eigenvalue weighted by atomic mass is 10.1. The highest BCUT2D eigenvalue weighted by molar-refractivity contribution is 7.91. The van der Waals surface area contributed by atoms with E-state index in [1.165, 1.54) is 11.0 Å². The Hall–Kier alpha value is -5.26. The van der Waals surface area contributed by atoms with Crippen LogP contribution in [-0.4, -0.2) is 114 Å². The number of ether oxygens (including phenoxy) is 3. The van der Waals surface area contributed by atoms with Crippen molar-refractivity contribution in [1.82, 2.24) is 30.1 Å². The van der Waals surface area contributed by atoms with E-state index in [2.05, 4.69) is 26.9 Å². The van der Waals surface area contributed by atoms with E-state index >= 15 is 0 Å². The van der Waals surface area contributed by atoms with E-state index in [-0.39, 0.29) is 57.0 Å². The molecule has 2 aliphatic carbocycles. The third kappa shape index (κ3) is 8.68. The molecule has 2 aromatic rings. The number of sulfonamides is 1. The molecule has 3 heterocycles. The van der Waals surface area contributed by atoms with E-state index in [9.17, 15) is 37.2 Å². The number of methoxy groups -OCH3 is 1. The highest BCUT2D eigenvalue weighted by Gasteiger charge is 2.62. The van der Waals surface area contributed by atoms with Crippen molar-refractivity contribution >= 4 is 56.4 Å². The molecule has 0 bridgehead atoms. The molecule has 18 heteroatoms. The molecule has 6 rings (SSSR count). The topological polar surface area (TPSA) is 220 Å². The van der Waals surface area contributed by atoms with E-state index in [0.29, 0.717) is 24.0 Å². The van der Waals surface area contributed by atoms with Gasteiger partial charge < -0.3 is 29.7 Å². The number of nitrogens with zero attached hydrogens (tertiary/aromatic N) is 3. The van der Waals surface area contributed by atoms with Gasteiger partial charge in [0, 0.05) is 43.3 Å². The van der Waals surface area contributed by atoms with Crippen molar-refractivity contribution in [3.05, 3.63) is 43.1 Å². The number of benzene rings is 1. The van der Waals surface area contributed by atoms with Gasteiger partial charge in [0.1, 0.15) is 35.1 Å². The Morgan fingerprint density at radius 2 is 1.89 bits per heavy atom. The minimum Gasteiger partial charge on any atom is -0.497 e. The number of hydrogen-bond acceptors (Lipinski definition) is 12. The number of amides is 6. The van der Waals surface area contributed by atoms with E-state index in [0.717, 1.165) is 10.3 Å². The Morgan fingerprint density at radius 1 is 1.15 bits per heavy atom. The summed E-state index contributed by atoms with van der Waals surface area (Å²) in [5, 5.41) is 5.97. The summed E-state index contributed by atoms with van der Waals surface area (Å²) in [7, 11) is -2.41. The standard InChI is InChI=1S/C37H46N6O11S/c1-6-22-19-37(22,34(48)41-55(50,51)25-8-9-25)40-31(46)28-18-24(53-32-26-10-7-23(52-5)17-21(26)13-15-38-32)20-43(28)33(47)27(39-35(49)54-36(2,3)4)11-12-29(44)42-16-14-30(42)45/h6-7,10,13,15,17,22,24-25,27-28H,1,8-9,11-12,14,16,18-20H2,2-5H3,(H,39,49)(H,40,46)(H,41,48). The zero-order valence-corrected chi connectivity index (χ0v) is 32.0. The predicted molar refractivity (Wildman–Crippen MR) is 196 cm³/mol. The summed E-state index contributed by atoms with van der Waals surface area (Å²) in [6.45, 7) is 8.73. The van der Waals surface area contributed by atoms with Crippen molar-refractivity contribution in [3.63, 3.8) is 0 Å². The van der Waals surface area contributed by atoms with Gasteiger partial charge in [-0.05, 0) is 76.1 Å². The van der Waals surface area contributed by atoms with Gasteiger partial charge >= 0.3 is 6.09 Å². The van der Waals surface area contributed by atoms with Crippen molar-refractivity contribution < 1.29 is 51.4 Å². The zero-order valence-electron chi connectivity index (χ0n) is 31.2. The molecule has 0 radical (unpaired) electrons. The van der Waals surface area contributed by atoms with Gasteiger partial charge in [0.2, 0.25) is 39.5 Å². The number of nitrogens with one attached hydrogen (secondary N) is 3. The van der Waals surface area contributed by atoms with Crippen LogP contribution in [0.5, 0.6) is 11.6 Å². The summed E-state index contributed by atoms with van der Waals surface area (Å²) in [5.41, 5.74) is -2.56. The number of aromatic nitrogens is 1. The van der Waals surface area contributed by atoms with Gasteiger partial charge in [-0.1, -0.05) is 6.08 Å². The van der Waals surface area contributed by atoms with Crippen molar-refractivity contribution in [3.8, 4) is 11.6 Å². The highest BCUT2D eigenvalue weighted by Crippen LogP contribution is 2.45. The monoisotopic (exact) mass is 782 g/mol. The first-order valence-corrected chi connectivity index (χ1v) is 19.7. The van der Waals surface area contributed by atoms with Gasteiger partial charge in [-0.25, -0.2) is 18.2 Å². The Bertz CT molecular complexity index is 2030. The van der Waals surface area contributed by atoms with Crippen molar-refractivity contribution in [2.75, 3.05) is 20.2 Å². The first-order chi connectivity index (χ1) is 25.9. The van der Waals surface area contributed by atoms with Crippen LogP contribution in [0.3, 0.4) is 0 Å². The summed E-state index contributed by atoms with van der Waals surface area (Å²) in [6, 6.07) is 4.41. The molecule has 2 aliphatic heterocycles. The van der Waals surface area contributed by atoms with Crippen LogP contribution in [0.15, 0.2) is 43.1 Å². The van der Waals surface area contributed by atoms with Crippen molar-refractivity contribution in [2.45, 2.75) is 100 Å². The maximum absolute atomic E-state index is 14.5. The smallest absolute Gasteiger partial charge is 0.408 e. The predicted octanol–water partition coefficient (Wildman–Crippen LogP) is 1.69. The van der Waals surface area contributed by atoms with Crippen LogP contribution in [0.1, 0.15) is 65.7 Å². The van der Waals surface area contributed by atoms with Crippen LogP contribution in [0, 0.1) is 5.92 Å². The van der Waals surface area contributed by atoms with Crippen LogP contribution >= 0.6 is 0 Å². The summed E-state index contributed by atoms with van der Waals surface area (Å²) in [6.07, 6.45) is 1.80. The number of carbonyl (C=O) groups is 6. The van der Waals surface area contributed by atoms with E-state index in [4.69, 9.17) is 14.2 Å². The Balaban J connectivity index is 1.28. The molecule has 3 N–H and O–H groups in total. The minimum atomic E-state index is -3.95. The summed E-state index contributed by atoms with van der Waals surface area (Å²) in [5.74, 6) is -3.03. The SMILES string of the molecule is C=CC1CC1(NC(=O)C1CC(Oc2nccc3cc(OC)ccc23)CN1C(=O)C(CCC(=O)N1CCC1=O)NC(=O)OC(C)(C)C)C(=O)NS(=O)(=O)C1CC1. The molecular weight excluding hydrogens is 737 g/mol. The molecule has 4 aliphatic rings. The van der Waals surface area contributed by atoms with Gasteiger partial charge in [-0.3, -0.25) is 33.6 Å². The number of carbonyl (C=O) groups excluding carboxylic acids is 6. The zero-order chi connectivity index (χ0) is 39.9. The molecular formula is C37H46N6O11S. The van der Waals surface area contributed by atoms with Gasteiger partial charge in [0.05, 0.1) is 18.9 Å². The van der Waals surface area contributed by atoms with Gasteiger partial charge in [0.25, 0.3) is 5.91 Å². The Kier molecular flexibility index (Phi) is 10.8. The largest absolute Gasteiger partial charge is 0.497 e. The van der Waals surface area contributed by atoms with E-state index < -0.39 is 80.2 Å². The lowest BCUT2D eigenvalue weighted by molar-refractivity contribution is -0.152. The first kappa shape index (κ1) is 39.4. The first-order valence-electron chi connectivity index (χ1n) is 18.2. The molecule has 55 heavy (non-hydrogen) atoms. The fourth-order valence-electron chi connectivity index (χ4n) is 6.79. The normalized spacial score (nSPS) is 23.9. The molecule has 1 aromatic carbocycles. The number of likely N-dealkylation sites (tertiary alicyclic amines) is 2. The van der Waals surface area contributed by atoms with Crippen LogP contribution < -0.4 is 24.8 Å². The van der Waals surface area contributed by atoms with Crippen molar-refractivity contribution in [2.24, 2.45) is 5.92 Å². The van der Waals surface area contributed by atoms with Crippen molar-refractivity contribution in [1.29, 1.82) is 0 Å². The summed E-state index contributed by atoms with van der Waals surface area (Å²) < 4.78 is 44.6. The van der Waals surface area contributed by atoms with Crippen LogP contribution in [-0.2, 0) is 38.7 Å². The van der Waals surface area contributed by atoms with Crippen LogP contribution in [0.25, 0.3) is 10.8 Å². The quantitative estimate of drug-likeness (QED) is 0.184. The molecule has 17 nitrogen and oxygen atoms in total. The number of rotatable bonds is 14. The fraction of sp³-hybridized carbons (Fsp3) is 0.541. The summed E-state index contributed by atoms with van der Waals surface area (Å²) >= 11 is 0.